The van der Waals surface area contributed by atoms with Crippen LogP contribution in [0.4, 0.5) is 10.4 Å². The minimum absolute atomic E-state index is 0.0350. The molecule has 8 nitrogen and oxygen atoms in total. The van der Waals surface area contributed by atoms with Crippen molar-refractivity contribution < 1.29 is 18.3 Å². The number of rotatable bonds is 4. The average Bonchev–Trinajstić information content (AvgIpc) is 3.21. The zero-order valence-electron chi connectivity index (χ0n) is 14.6. The number of halogens is 1. The van der Waals surface area contributed by atoms with Crippen LogP contribution in [0.3, 0.4) is 0 Å². The Hall–Kier alpha value is -2.30. The lowest BCUT2D eigenvalue weighted by Gasteiger charge is -2.32. The summed E-state index contributed by atoms with van der Waals surface area (Å²) in [5.74, 6) is -0.209. The monoisotopic (exact) mass is 391 g/mol. The van der Waals surface area contributed by atoms with E-state index < -0.39 is 4.75 Å². The third-order valence-electron chi connectivity index (χ3n) is 4.35. The Morgan fingerprint density at radius 1 is 1.30 bits per heavy atom. The lowest BCUT2D eigenvalue weighted by molar-refractivity contribution is -0.122. The number of hydrogen-bond donors (Lipinski definition) is 1. The molecule has 1 aromatic heterocycles. The van der Waals surface area contributed by atoms with Gasteiger partial charge in [-0.25, -0.2) is 4.39 Å². The van der Waals surface area contributed by atoms with Crippen molar-refractivity contribution in [3.05, 3.63) is 30.1 Å². The number of ether oxygens (including phenoxy) is 1. The summed E-state index contributed by atoms with van der Waals surface area (Å²) in [5, 5.41) is 11.0. The quantitative estimate of drug-likeness (QED) is 0.850. The molecule has 10 heteroatoms. The van der Waals surface area contributed by atoms with Gasteiger partial charge in [0.2, 0.25) is 11.8 Å². The van der Waals surface area contributed by atoms with E-state index in [1.807, 2.05) is 6.92 Å². The number of nitrogens with zero attached hydrogens (tertiary/aromatic N) is 4. The van der Waals surface area contributed by atoms with Gasteiger partial charge in [-0.1, -0.05) is 16.9 Å². The molecule has 1 aromatic carbocycles. The number of hydrogen-bond acceptors (Lipinski definition) is 8. The highest BCUT2D eigenvalue weighted by Crippen LogP contribution is 2.34. The Morgan fingerprint density at radius 3 is 2.78 bits per heavy atom. The molecule has 27 heavy (non-hydrogen) atoms. The third-order valence-corrected chi connectivity index (χ3v) is 5.51. The van der Waals surface area contributed by atoms with Crippen LogP contribution in [0, 0.1) is 5.82 Å². The highest BCUT2D eigenvalue weighted by atomic mass is 32.2. The highest BCUT2D eigenvalue weighted by molar-refractivity contribution is 8.16. The minimum Gasteiger partial charge on any atom is -0.402 e. The summed E-state index contributed by atoms with van der Waals surface area (Å²) >= 11 is 1.35. The zero-order chi connectivity index (χ0) is 18.9. The van der Waals surface area contributed by atoms with Gasteiger partial charge in [-0.05, 0) is 31.2 Å². The molecule has 1 N–H and O–H groups in total. The fourth-order valence-corrected chi connectivity index (χ4v) is 4.00. The van der Waals surface area contributed by atoms with E-state index in [1.165, 1.54) is 23.9 Å². The van der Waals surface area contributed by atoms with Crippen LogP contribution in [0.5, 0.6) is 0 Å². The molecule has 2 aliphatic rings. The second-order valence-electron chi connectivity index (χ2n) is 6.49. The molecule has 2 aliphatic heterocycles. The van der Waals surface area contributed by atoms with E-state index >= 15 is 0 Å². The van der Waals surface area contributed by atoms with Gasteiger partial charge >= 0.3 is 6.01 Å². The van der Waals surface area contributed by atoms with E-state index in [0.717, 1.165) is 13.1 Å². The molecule has 0 bridgehead atoms. The molecule has 0 spiro atoms. The molecular weight excluding hydrogens is 373 g/mol. The standard InChI is InChI=1S/C17H18FN5O3S/c1-17(10-23-6-8-25-9-7-23)14(24)19-16(27-17)20-15-22-21-13(26-15)11-2-4-12(18)5-3-11/h2-5H,6-10H2,1H3,(H,19,20,22,24). The number of benzene rings is 1. The molecule has 0 saturated carbocycles. The maximum absolute atomic E-state index is 13.0. The summed E-state index contributed by atoms with van der Waals surface area (Å²) in [5.41, 5.74) is 0.593. The van der Waals surface area contributed by atoms with Gasteiger partial charge in [0.15, 0.2) is 5.17 Å². The van der Waals surface area contributed by atoms with E-state index in [9.17, 15) is 9.18 Å². The Morgan fingerprint density at radius 2 is 2.04 bits per heavy atom. The summed E-state index contributed by atoms with van der Waals surface area (Å²) in [6.45, 7) is 5.47. The molecule has 4 rings (SSSR count). The van der Waals surface area contributed by atoms with Crippen molar-refractivity contribution in [2.45, 2.75) is 11.7 Å². The van der Waals surface area contributed by atoms with Gasteiger partial charge in [0, 0.05) is 25.2 Å². The van der Waals surface area contributed by atoms with Crippen LogP contribution in [0.1, 0.15) is 6.92 Å². The van der Waals surface area contributed by atoms with E-state index in [0.29, 0.717) is 30.5 Å². The molecule has 2 saturated heterocycles. The summed E-state index contributed by atoms with van der Waals surface area (Å²) < 4.78 is 23.2. The van der Waals surface area contributed by atoms with Gasteiger partial charge in [0.25, 0.3) is 0 Å². The first-order chi connectivity index (χ1) is 13.0. The van der Waals surface area contributed by atoms with Crippen molar-refractivity contribution in [2.24, 2.45) is 4.99 Å². The first-order valence-electron chi connectivity index (χ1n) is 8.50. The maximum atomic E-state index is 13.0. The number of nitrogens with one attached hydrogen (secondary N) is 1. The predicted octanol–water partition coefficient (Wildman–Crippen LogP) is 1.82. The molecule has 0 aliphatic carbocycles. The Balaban J connectivity index is 1.47. The van der Waals surface area contributed by atoms with Crippen molar-refractivity contribution in [2.75, 3.05) is 32.8 Å². The topological polar surface area (TPSA) is 92.8 Å². The van der Waals surface area contributed by atoms with E-state index in [4.69, 9.17) is 9.15 Å². The lowest BCUT2D eigenvalue weighted by atomic mass is 10.1. The molecule has 1 unspecified atom stereocenters. The Bertz CT molecular complexity index is 866. The van der Waals surface area contributed by atoms with Crippen LogP contribution in [0.25, 0.3) is 11.5 Å². The van der Waals surface area contributed by atoms with Crippen LogP contribution < -0.4 is 5.32 Å². The van der Waals surface area contributed by atoms with Gasteiger partial charge in [-0.2, -0.15) is 4.99 Å². The van der Waals surface area contributed by atoms with E-state index in [2.05, 4.69) is 25.4 Å². The summed E-state index contributed by atoms with van der Waals surface area (Å²) in [7, 11) is 0. The molecular formula is C17H18FN5O3S. The van der Waals surface area contributed by atoms with Crippen molar-refractivity contribution in [1.29, 1.82) is 0 Å². The fourth-order valence-electron chi connectivity index (χ4n) is 2.91. The van der Waals surface area contributed by atoms with Gasteiger partial charge in [0.1, 0.15) is 10.6 Å². The van der Waals surface area contributed by atoms with Crippen LogP contribution in [0.2, 0.25) is 0 Å². The maximum Gasteiger partial charge on any atom is 0.345 e. The summed E-state index contributed by atoms with van der Waals surface area (Å²) in [6.07, 6.45) is 0. The minimum atomic E-state index is -0.643. The van der Waals surface area contributed by atoms with E-state index in [1.54, 1.807) is 12.1 Å². The molecule has 1 atom stereocenters. The number of carbonyl (C=O) groups is 1. The number of aromatic nitrogens is 2. The fraction of sp³-hybridized carbons (Fsp3) is 0.412. The molecule has 2 aromatic rings. The van der Waals surface area contributed by atoms with Gasteiger partial charge < -0.3 is 14.5 Å². The summed E-state index contributed by atoms with van der Waals surface area (Å²) in [6, 6.07) is 5.76. The lowest BCUT2D eigenvalue weighted by Crippen LogP contribution is -2.48. The molecule has 142 valence electrons. The van der Waals surface area contributed by atoms with Gasteiger partial charge in [-0.15, -0.1) is 5.10 Å². The molecule has 2 fully saturated rings. The molecule has 1 amide bonds. The van der Waals surface area contributed by atoms with Crippen molar-refractivity contribution in [3.8, 4) is 11.5 Å². The smallest absolute Gasteiger partial charge is 0.345 e. The van der Waals surface area contributed by atoms with Crippen LogP contribution in [0.15, 0.2) is 33.7 Å². The third kappa shape index (κ3) is 4.02. The van der Waals surface area contributed by atoms with Crippen molar-refractivity contribution in [3.63, 3.8) is 0 Å². The first-order valence-corrected chi connectivity index (χ1v) is 9.32. The van der Waals surface area contributed by atoms with Crippen molar-refractivity contribution >= 4 is 28.9 Å². The zero-order valence-corrected chi connectivity index (χ0v) is 15.5. The van der Waals surface area contributed by atoms with Gasteiger partial charge in [0.05, 0.1) is 13.2 Å². The highest BCUT2D eigenvalue weighted by Gasteiger charge is 2.44. The largest absolute Gasteiger partial charge is 0.402 e. The number of carbonyl (C=O) groups excluding carboxylic acids is 1. The van der Waals surface area contributed by atoms with Crippen LogP contribution in [-0.4, -0.2) is 63.8 Å². The van der Waals surface area contributed by atoms with Gasteiger partial charge in [-0.3, -0.25) is 9.69 Å². The normalized spacial score (nSPS) is 25.1. The Kier molecular flexibility index (Phi) is 4.94. The number of morpholine rings is 1. The van der Waals surface area contributed by atoms with Crippen LogP contribution in [-0.2, 0) is 9.53 Å². The molecule has 0 radical (unpaired) electrons. The second kappa shape index (κ2) is 7.37. The number of thioether (sulfide) groups is 1. The average molecular weight is 391 g/mol. The number of amides is 1. The number of amidine groups is 1. The Labute approximate surface area is 159 Å². The van der Waals surface area contributed by atoms with Crippen LogP contribution >= 0.6 is 11.8 Å². The first kappa shape index (κ1) is 18.1. The second-order valence-corrected chi connectivity index (χ2v) is 7.98. The van der Waals surface area contributed by atoms with Crippen molar-refractivity contribution in [1.82, 2.24) is 20.4 Å². The summed E-state index contributed by atoms with van der Waals surface area (Å²) in [4.78, 5) is 18.9. The SMILES string of the molecule is CC1(CN2CCOCC2)S/C(=N/c2nnc(-c3ccc(F)cc3)o2)NC1=O. The predicted molar refractivity (Wildman–Crippen MR) is 98.2 cm³/mol. The molecule has 3 heterocycles. The number of aliphatic imine (C=N–C) groups is 1. The van der Waals surface area contributed by atoms with E-state index in [-0.39, 0.29) is 23.6 Å².